The summed E-state index contributed by atoms with van der Waals surface area (Å²) in [6, 6.07) is 10.1. The molecule has 5 rings (SSSR count). The van der Waals surface area contributed by atoms with Gasteiger partial charge in [-0.3, -0.25) is 14.9 Å². The third-order valence-corrected chi connectivity index (χ3v) is 8.25. The van der Waals surface area contributed by atoms with Gasteiger partial charge in [0.05, 0.1) is 23.4 Å². The number of aliphatic hydroxyl groups excluding tert-OH is 1. The van der Waals surface area contributed by atoms with Crippen LogP contribution in [0.1, 0.15) is 23.1 Å². The molecule has 0 bridgehead atoms. The molecule has 3 heterocycles. The van der Waals surface area contributed by atoms with Crippen molar-refractivity contribution >= 4 is 39.8 Å². The number of nitrogens with one attached hydrogen (secondary N) is 1. The summed E-state index contributed by atoms with van der Waals surface area (Å²) in [5.74, 6) is 0.764. The van der Waals surface area contributed by atoms with Crippen LogP contribution in [0.3, 0.4) is 0 Å². The number of likely N-dealkylation sites (tertiary alicyclic amines) is 1. The highest BCUT2D eigenvalue weighted by Crippen LogP contribution is 2.40. The number of β-amino-alcohol motifs (C(OH)–C–C–N with tert-alkyl or cyclic N) is 1. The Hall–Kier alpha value is -2.04. The van der Waals surface area contributed by atoms with Gasteiger partial charge < -0.3 is 5.11 Å². The van der Waals surface area contributed by atoms with E-state index < -0.39 is 11.7 Å². The molecule has 3 aromatic rings. The number of halogens is 4. The van der Waals surface area contributed by atoms with Gasteiger partial charge in [-0.25, -0.2) is 0 Å². The smallest absolute Gasteiger partial charge is 0.392 e. The van der Waals surface area contributed by atoms with Gasteiger partial charge in [0, 0.05) is 46.9 Å². The lowest BCUT2D eigenvalue weighted by atomic mass is 9.93. The van der Waals surface area contributed by atoms with E-state index in [0.717, 1.165) is 51.9 Å². The van der Waals surface area contributed by atoms with Crippen molar-refractivity contribution in [1.29, 1.82) is 0 Å². The van der Waals surface area contributed by atoms with Gasteiger partial charge in [0.1, 0.15) is 0 Å². The fraction of sp³-hybridized carbons (Fsp3) is 0.400. The fourth-order valence-electron chi connectivity index (χ4n) is 4.97. The summed E-state index contributed by atoms with van der Waals surface area (Å²) in [6.45, 7) is 2.15. The number of thioether (sulfide) groups is 1. The number of aliphatic hydroxyl groups is 1. The highest BCUT2D eigenvalue weighted by atomic mass is 35.5. The van der Waals surface area contributed by atoms with Crippen molar-refractivity contribution < 1.29 is 18.3 Å². The quantitative estimate of drug-likeness (QED) is 0.479. The number of allylic oxidation sites excluding steroid dienone is 1. The zero-order valence-electron chi connectivity index (χ0n) is 19.1. The van der Waals surface area contributed by atoms with E-state index in [-0.39, 0.29) is 29.2 Å². The second-order valence-electron chi connectivity index (χ2n) is 9.32. The molecule has 0 unspecified atom stereocenters. The fourth-order valence-corrected chi connectivity index (χ4v) is 6.32. The molecular formula is C25H26ClF3N4OS. The van der Waals surface area contributed by atoms with Crippen LogP contribution in [0.25, 0.3) is 16.5 Å². The third-order valence-electron chi connectivity index (χ3n) is 6.79. The van der Waals surface area contributed by atoms with Gasteiger partial charge in [0.25, 0.3) is 0 Å². The van der Waals surface area contributed by atoms with Crippen LogP contribution in [0.2, 0.25) is 5.02 Å². The van der Waals surface area contributed by atoms with Gasteiger partial charge >= 0.3 is 6.18 Å². The lowest BCUT2D eigenvalue weighted by Gasteiger charge is -2.24. The second-order valence-corrected chi connectivity index (χ2v) is 10.8. The number of alkyl halides is 3. The lowest BCUT2D eigenvalue weighted by Crippen LogP contribution is -2.37. The van der Waals surface area contributed by atoms with Gasteiger partial charge in [-0.05, 0) is 60.9 Å². The van der Waals surface area contributed by atoms with Gasteiger partial charge in [0.15, 0.2) is 0 Å². The van der Waals surface area contributed by atoms with E-state index in [9.17, 15) is 18.3 Å². The highest BCUT2D eigenvalue weighted by Gasteiger charge is 2.35. The number of benzene rings is 2. The number of aromatic amines is 1. The standard InChI is InChI=1S/C25H26ClF3N4OS/c1-32-12-20(34)9-19(32)11-33-13-24(35-14-33)21(15-3-5-23-17(6-15)10-30-31-23)7-16-2-4-18(26)8-22(16)25(27,28)29/h2-6,8,10,19-20,34H,7,9,11-14H2,1H3,(H,30,31)/t19-,20+/m0/s1. The van der Waals surface area contributed by atoms with Crippen LogP contribution in [-0.4, -0.2) is 69.8 Å². The molecule has 2 aliphatic heterocycles. The molecule has 2 saturated heterocycles. The molecule has 10 heteroatoms. The predicted octanol–water partition coefficient (Wildman–Crippen LogP) is 5.26. The molecule has 186 valence electrons. The second kappa shape index (κ2) is 9.78. The molecule has 0 amide bonds. The first-order valence-electron chi connectivity index (χ1n) is 11.4. The van der Waals surface area contributed by atoms with Gasteiger partial charge in [0.2, 0.25) is 0 Å². The molecule has 2 aliphatic rings. The Kier molecular flexibility index (Phi) is 6.89. The molecule has 1 aromatic heterocycles. The largest absolute Gasteiger partial charge is 0.416 e. The minimum Gasteiger partial charge on any atom is -0.392 e. The Labute approximate surface area is 210 Å². The van der Waals surface area contributed by atoms with Crippen LogP contribution >= 0.6 is 23.4 Å². The molecule has 2 N–H and O–H groups in total. The van der Waals surface area contributed by atoms with E-state index in [1.807, 2.05) is 25.2 Å². The molecule has 2 atom stereocenters. The predicted molar refractivity (Wildman–Crippen MR) is 134 cm³/mol. The number of fused-ring (bicyclic) bond motifs is 1. The number of hydrogen-bond acceptors (Lipinski definition) is 5. The van der Waals surface area contributed by atoms with Crippen LogP contribution in [0.5, 0.6) is 0 Å². The maximum Gasteiger partial charge on any atom is 0.416 e. The summed E-state index contributed by atoms with van der Waals surface area (Å²) >= 11 is 7.60. The average molecular weight is 523 g/mol. The van der Waals surface area contributed by atoms with Crippen LogP contribution in [0, 0.1) is 0 Å². The Bertz CT molecular complexity index is 1260. The Morgan fingerprint density at radius 3 is 2.83 bits per heavy atom. The Morgan fingerprint density at radius 1 is 1.26 bits per heavy atom. The number of nitrogens with zero attached hydrogens (tertiary/aromatic N) is 3. The minimum absolute atomic E-state index is 0.0689. The molecule has 0 radical (unpaired) electrons. The van der Waals surface area contributed by atoms with Crippen molar-refractivity contribution in [2.75, 3.05) is 32.6 Å². The van der Waals surface area contributed by atoms with Gasteiger partial charge in [-0.2, -0.15) is 18.3 Å². The molecule has 5 nitrogen and oxygen atoms in total. The zero-order chi connectivity index (χ0) is 24.7. The third kappa shape index (κ3) is 5.39. The number of hydrogen-bond donors (Lipinski definition) is 2. The maximum absolute atomic E-state index is 13.9. The SMILES string of the molecule is CN1C[C@H](O)C[C@H]1CN1CSC(=C(Cc2ccc(Cl)cc2C(F)(F)F)c2ccc3[nH]ncc3c2)C1. The van der Waals surface area contributed by atoms with E-state index in [2.05, 4.69) is 20.0 Å². The summed E-state index contributed by atoms with van der Waals surface area (Å²) in [6.07, 6.45) is -2.19. The monoisotopic (exact) mass is 522 g/mol. The molecule has 0 aliphatic carbocycles. The number of likely N-dealkylation sites (N-methyl/N-ethyl adjacent to an activating group) is 1. The van der Waals surface area contributed by atoms with Gasteiger partial charge in [-0.15, -0.1) is 11.8 Å². The summed E-state index contributed by atoms with van der Waals surface area (Å²) in [5.41, 5.74) is 2.15. The van der Waals surface area contributed by atoms with Crippen molar-refractivity contribution in [3.05, 3.63) is 69.2 Å². The first-order valence-corrected chi connectivity index (χ1v) is 12.8. The normalized spacial score (nSPS) is 23.5. The number of aromatic nitrogens is 2. The molecular weight excluding hydrogens is 497 g/mol. The summed E-state index contributed by atoms with van der Waals surface area (Å²) in [5, 5.41) is 18.0. The lowest BCUT2D eigenvalue weighted by molar-refractivity contribution is -0.138. The van der Waals surface area contributed by atoms with Crippen molar-refractivity contribution in [2.24, 2.45) is 0 Å². The van der Waals surface area contributed by atoms with E-state index in [0.29, 0.717) is 13.1 Å². The van der Waals surface area contributed by atoms with Crippen LogP contribution in [0.15, 0.2) is 47.5 Å². The average Bonchev–Trinajstić information content (AvgIpc) is 3.52. The Morgan fingerprint density at radius 2 is 2.09 bits per heavy atom. The topological polar surface area (TPSA) is 55.4 Å². The Balaban J connectivity index is 1.50. The number of rotatable bonds is 5. The molecule has 0 spiro atoms. The summed E-state index contributed by atoms with van der Waals surface area (Å²) < 4.78 is 41.6. The van der Waals surface area contributed by atoms with E-state index >= 15 is 0 Å². The van der Waals surface area contributed by atoms with Crippen LogP contribution in [-0.2, 0) is 12.6 Å². The molecule has 2 aromatic carbocycles. The molecule has 2 fully saturated rings. The minimum atomic E-state index is -4.49. The highest BCUT2D eigenvalue weighted by molar-refractivity contribution is 8.03. The zero-order valence-corrected chi connectivity index (χ0v) is 20.7. The summed E-state index contributed by atoms with van der Waals surface area (Å²) in [7, 11) is 2.02. The van der Waals surface area contributed by atoms with E-state index in [4.69, 9.17) is 11.6 Å². The molecule has 0 saturated carbocycles. The first kappa shape index (κ1) is 24.6. The van der Waals surface area contributed by atoms with Crippen LogP contribution < -0.4 is 0 Å². The first-order chi connectivity index (χ1) is 16.7. The van der Waals surface area contributed by atoms with Gasteiger partial charge in [-0.1, -0.05) is 23.7 Å². The number of H-pyrrole nitrogens is 1. The van der Waals surface area contributed by atoms with Crippen molar-refractivity contribution in [1.82, 2.24) is 20.0 Å². The van der Waals surface area contributed by atoms with Crippen LogP contribution in [0.4, 0.5) is 13.2 Å². The van der Waals surface area contributed by atoms with Crippen molar-refractivity contribution in [3.63, 3.8) is 0 Å². The van der Waals surface area contributed by atoms with E-state index in [1.165, 1.54) is 12.1 Å². The molecule has 35 heavy (non-hydrogen) atoms. The van der Waals surface area contributed by atoms with Crippen molar-refractivity contribution in [3.8, 4) is 0 Å². The summed E-state index contributed by atoms with van der Waals surface area (Å²) in [4.78, 5) is 5.55. The maximum atomic E-state index is 13.9. The van der Waals surface area contributed by atoms with Crippen molar-refractivity contribution in [2.45, 2.75) is 31.2 Å². The van der Waals surface area contributed by atoms with E-state index in [1.54, 1.807) is 18.0 Å².